The van der Waals surface area contributed by atoms with Gasteiger partial charge in [-0.2, -0.15) is 0 Å². The van der Waals surface area contributed by atoms with Gasteiger partial charge in [0, 0.05) is 15.4 Å². The van der Waals surface area contributed by atoms with Gasteiger partial charge in [-0.3, -0.25) is 20.6 Å². The number of benzene rings is 2. The predicted molar refractivity (Wildman–Crippen MR) is 94.0 cm³/mol. The third-order valence-electron chi connectivity index (χ3n) is 3.36. The third kappa shape index (κ3) is 3.55. The zero-order chi connectivity index (χ0) is 16.4. The number of amides is 1. The van der Waals surface area contributed by atoms with Gasteiger partial charge in [0.1, 0.15) is 0 Å². The maximum atomic E-state index is 12.4. The summed E-state index contributed by atoms with van der Waals surface area (Å²) in [7, 11) is 0. The molecular weight excluding hydrogens is 333 g/mol. The molecule has 0 bridgehead atoms. The molecule has 2 aromatic carbocycles. The SMILES string of the molecule is Cc1nc2cc(Cl)ccc2cc1C(=O)NNc1cccc(Cl)c1. The predicted octanol–water partition coefficient (Wildman–Crippen LogP) is 4.61. The van der Waals surface area contributed by atoms with Gasteiger partial charge in [-0.25, -0.2) is 0 Å². The highest BCUT2D eigenvalue weighted by atomic mass is 35.5. The zero-order valence-corrected chi connectivity index (χ0v) is 13.7. The van der Waals surface area contributed by atoms with Crippen LogP contribution in [-0.4, -0.2) is 10.9 Å². The van der Waals surface area contributed by atoms with Gasteiger partial charge in [-0.1, -0.05) is 35.3 Å². The summed E-state index contributed by atoms with van der Waals surface area (Å²) in [5.74, 6) is -0.271. The van der Waals surface area contributed by atoms with Crippen LogP contribution in [0.5, 0.6) is 0 Å². The molecule has 4 nitrogen and oxygen atoms in total. The van der Waals surface area contributed by atoms with Gasteiger partial charge < -0.3 is 0 Å². The number of aryl methyl sites for hydroxylation is 1. The van der Waals surface area contributed by atoms with E-state index in [1.807, 2.05) is 6.07 Å². The topological polar surface area (TPSA) is 54.0 Å². The Balaban J connectivity index is 1.83. The first kappa shape index (κ1) is 15.6. The number of carbonyl (C=O) groups excluding carboxylic acids is 1. The van der Waals surface area contributed by atoms with E-state index in [0.717, 1.165) is 10.9 Å². The monoisotopic (exact) mass is 345 g/mol. The number of aromatic nitrogens is 1. The maximum absolute atomic E-state index is 12.4. The second-order valence-corrected chi connectivity index (χ2v) is 5.92. The Morgan fingerprint density at radius 1 is 1.04 bits per heavy atom. The summed E-state index contributed by atoms with van der Waals surface area (Å²) in [6.45, 7) is 1.79. The molecule has 3 rings (SSSR count). The van der Waals surface area contributed by atoms with Crippen LogP contribution in [0.15, 0.2) is 48.5 Å². The minimum Gasteiger partial charge on any atom is -0.298 e. The first-order valence-electron chi connectivity index (χ1n) is 6.92. The van der Waals surface area contributed by atoms with E-state index in [4.69, 9.17) is 23.2 Å². The van der Waals surface area contributed by atoms with Gasteiger partial charge in [0.05, 0.1) is 22.5 Å². The van der Waals surface area contributed by atoms with E-state index in [2.05, 4.69) is 15.8 Å². The summed E-state index contributed by atoms with van der Waals surface area (Å²) in [6, 6.07) is 14.3. The molecule has 1 amide bonds. The lowest BCUT2D eigenvalue weighted by Crippen LogP contribution is -2.30. The Kier molecular flexibility index (Phi) is 4.37. The van der Waals surface area contributed by atoms with Crippen molar-refractivity contribution in [2.45, 2.75) is 6.92 Å². The number of nitrogens with one attached hydrogen (secondary N) is 2. The normalized spacial score (nSPS) is 10.6. The summed E-state index contributed by atoms with van der Waals surface area (Å²) in [5.41, 5.74) is 8.06. The van der Waals surface area contributed by atoms with E-state index in [-0.39, 0.29) is 5.91 Å². The van der Waals surface area contributed by atoms with Crippen molar-refractivity contribution in [3.05, 3.63) is 69.8 Å². The Labute approximate surface area is 143 Å². The number of halogens is 2. The van der Waals surface area contributed by atoms with E-state index in [1.54, 1.807) is 49.4 Å². The van der Waals surface area contributed by atoms with Crippen molar-refractivity contribution in [2.24, 2.45) is 0 Å². The summed E-state index contributed by atoms with van der Waals surface area (Å²) < 4.78 is 0. The van der Waals surface area contributed by atoms with Crippen molar-refractivity contribution < 1.29 is 4.79 Å². The fourth-order valence-corrected chi connectivity index (χ4v) is 2.59. The van der Waals surface area contributed by atoms with E-state index in [1.165, 1.54) is 0 Å². The highest BCUT2D eigenvalue weighted by Crippen LogP contribution is 2.20. The van der Waals surface area contributed by atoms with Gasteiger partial charge >= 0.3 is 0 Å². The second kappa shape index (κ2) is 6.44. The molecule has 0 atom stereocenters. The number of pyridine rings is 1. The molecular formula is C17H13Cl2N3O. The molecule has 0 radical (unpaired) electrons. The number of hydrogen-bond acceptors (Lipinski definition) is 3. The summed E-state index contributed by atoms with van der Waals surface area (Å²) in [6.07, 6.45) is 0. The minimum absolute atomic E-state index is 0.271. The molecule has 23 heavy (non-hydrogen) atoms. The lowest BCUT2D eigenvalue weighted by atomic mass is 10.1. The van der Waals surface area contributed by atoms with Gasteiger partial charge in [0.25, 0.3) is 5.91 Å². The highest BCUT2D eigenvalue weighted by molar-refractivity contribution is 6.31. The fourth-order valence-electron chi connectivity index (χ4n) is 2.23. The Morgan fingerprint density at radius 3 is 2.61 bits per heavy atom. The van der Waals surface area contributed by atoms with Gasteiger partial charge in [0.2, 0.25) is 0 Å². The maximum Gasteiger partial charge on any atom is 0.271 e. The molecule has 0 unspecified atom stereocenters. The number of hydrogen-bond donors (Lipinski definition) is 2. The number of anilines is 1. The highest BCUT2D eigenvalue weighted by Gasteiger charge is 2.11. The first-order chi connectivity index (χ1) is 11.0. The average molecular weight is 346 g/mol. The standard InChI is InChI=1S/C17H13Cl2N3O/c1-10-15(7-11-5-6-13(19)9-16(11)20-10)17(23)22-21-14-4-2-3-12(18)8-14/h2-9,21H,1H3,(H,22,23). The molecule has 6 heteroatoms. The van der Waals surface area contributed by atoms with Crippen LogP contribution in [0.4, 0.5) is 5.69 Å². The number of fused-ring (bicyclic) bond motifs is 1. The van der Waals surface area contributed by atoms with Crippen LogP contribution in [-0.2, 0) is 0 Å². The minimum atomic E-state index is -0.271. The quantitative estimate of drug-likeness (QED) is 0.681. The van der Waals surface area contributed by atoms with E-state index >= 15 is 0 Å². The van der Waals surface area contributed by atoms with Crippen LogP contribution in [0.2, 0.25) is 10.0 Å². The number of hydrazine groups is 1. The van der Waals surface area contributed by atoms with Gasteiger partial charge in [0.15, 0.2) is 0 Å². The molecule has 1 aromatic heterocycles. The van der Waals surface area contributed by atoms with Crippen LogP contribution < -0.4 is 10.9 Å². The summed E-state index contributed by atoms with van der Waals surface area (Å²) >= 11 is 11.9. The molecule has 2 N–H and O–H groups in total. The molecule has 0 aliphatic rings. The van der Waals surface area contributed by atoms with Crippen LogP contribution in [0.3, 0.4) is 0 Å². The van der Waals surface area contributed by atoms with Crippen molar-refractivity contribution in [3.8, 4) is 0 Å². The van der Waals surface area contributed by atoms with E-state index in [9.17, 15) is 4.79 Å². The second-order valence-electron chi connectivity index (χ2n) is 5.05. The lowest BCUT2D eigenvalue weighted by molar-refractivity contribution is 0.0962. The molecule has 0 aliphatic carbocycles. The molecule has 0 fully saturated rings. The van der Waals surface area contributed by atoms with Crippen molar-refractivity contribution in [2.75, 3.05) is 5.43 Å². The van der Waals surface area contributed by atoms with Gasteiger partial charge in [-0.05, 0) is 43.3 Å². The van der Waals surface area contributed by atoms with Crippen LogP contribution in [0.1, 0.15) is 16.1 Å². The fraction of sp³-hybridized carbons (Fsp3) is 0.0588. The summed E-state index contributed by atoms with van der Waals surface area (Å²) in [4.78, 5) is 16.8. The molecule has 0 aliphatic heterocycles. The Bertz CT molecular complexity index is 896. The molecule has 116 valence electrons. The Morgan fingerprint density at radius 2 is 1.83 bits per heavy atom. The zero-order valence-electron chi connectivity index (χ0n) is 12.2. The average Bonchev–Trinajstić information content (AvgIpc) is 2.52. The number of rotatable bonds is 3. The number of nitrogens with zero attached hydrogens (tertiary/aromatic N) is 1. The van der Waals surface area contributed by atoms with Gasteiger partial charge in [-0.15, -0.1) is 0 Å². The largest absolute Gasteiger partial charge is 0.298 e. The molecule has 0 saturated carbocycles. The number of carbonyl (C=O) groups is 1. The molecule has 1 heterocycles. The molecule has 3 aromatic rings. The van der Waals surface area contributed by atoms with Crippen LogP contribution in [0, 0.1) is 6.92 Å². The lowest BCUT2D eigenvalue weighted by Gasteiger charge is -2.11. The van der Waals surface area contributed by atoms with Crippen molar-refractivity contribution in [1.29, 1.82) is 0 Å². The van der Waals surface area contributed by atoms with Crippen molar-refractivity contribution >= 4 is 45.7 Å². The van der Waals surface area contributed by atoms with E-state index in [0.29, 0.717) is 27.0 Å². The summed E-state index contributed by atoms with van der Waals surface area (Å²) in [5, 5.41) is 2.06. The third-order valence-corrected chi connectivity index (χ3v) is 3.83. The molecule has 0 saturated heterocycles. The first-order valence-corrected chi connectivity index (χ1v) is 7.67. The van der Waals surface area contributed by atoms with Crippen molar-refractivity contribution in [1.82, 2.24) is 10.4 Å². The van der Waals surface area contributed by atoms with Crippen LogP contribution in [0.25, 0.3) is 10.9 Å². The van der Waals surface area contributed by atoms with Crippen LogP contribution >= 0.6 is 23.2 Å². The molecule has 0 spiro atoms. The van der Waals surface area contributed by atoms with Crippen molar-refractivity contribution in [3.63, 3.8) is 0 Å². The smallest absolute Gasteiger partial charge is 0.271 e. The van der Waals surface area contributed by atoms with E-state index < -0.39 is 0 Å². The Hall–Kier alpha value is -2.30.